The lowest BCUT2D eigenvalue weighted by Crippen LogP contribution is -2.18. The predicted octanol–water partition coefficient (Wildman–Crippen LogP) is 2.53. The summed E-state index contributed by atoms with van der Waals surface area (Å²) in [5, 5.41) is 2.22. The third-order valence-corrected chi connectivity index (χ3v) is 1.90. The van der Waals surface area contributed by atoms with Crippen molar-refractivity contribution in [2.45, 2.75) is 12.8 Å². The Morgan fingerprint density at radius 2 is 2.00 bits per heavy atom. The van der Waals surface area contributed by atoms with Crippen LogP contribution in [0, 0.1) is 0 Å². The molecule has 0 aliphatic heterocycles. The van der Waals surface area contributed by atoms with Crippen LogP contribution < -0.4 is 5.32 Å². The Balaban J connectivity index is 2.17. The minimum absolute atomic E-state index is 0.368. The molecule has 13 heavy (non-hydrogen) atoms. The van der Waals surface area contributed by atoms with Gasteiger partial charge in [-0.1, -0.05) is 30.3 Å². The van der Waals surface area contributed by atoms with Gasteiger partial charge in [0.25, 0.3) is 0 Å². The first-order valence-corrected chi connectivity index (χ1v) is 4.68. The minimum Gasteiger partial charge on any atom is -0.343 e. The molecule has 0 saturated heterocycles. The highest BCUT2D eigenvalue weighted by atomic mass is 32.1. The van der Waals surface area contributed by atoms with E-state index in [1.165, 1.54) is 5.56 Å². The molecule has 0 aliphatic rings. The van der Waals surface area contributed by atoms with Gasteiger partial charge in [0.1, 0.15) is 0 Å². The van der Waals surface area contributed by atoms with Crippen LogP contribution in [0.3, 0.4) is 0 Å². The summed E-state index contributed by atoms with van der Waals surface area (Å²) in [7, 11) is 0. The fourth-order valence-corrected chi connectivity index (χ4v) is 1.23. The summed E-state index contributed by atoms with van der Waals surface area (Å²) < 4.78 is 0. The molecule has 0 bridgehead atoms. The Bertz CT molecular complexity index is 261. The SMILES string of the molecule is O=C([S])NCCCc1ccccc1. The number of carbonyl (C=O) groups is 1. The predicted molar refractivity (Wildman–Crippen MR) is 55.8 cm³/mol. The van der Waals surface area contributed by atoms with E-state index in [-0.39, 0.29) is 5.24 Å². The van der Waals surface area contributed by atoms with Crippen molar-refractivity contribution in [3.05, 3.63) is 35.9 Å². The zero-order valence-corrected chi connectivity index (χ0v) is 8.14. The summed E-state index contributed by atoms with van der Waals surface area (Å²) >= 11 is 4.36. The van der Waals surface area contributed by atoms with Gasteiger partial charge in [-0.25, -0.2) is 0 Å². The van der Waals surface area contributed by atoms with E-state index in [2.05, 4.69) is 30.1 Å². The maximum absolute atomic E-state index is 10.4. The second-order valence-corrected chi connectivity index (χ2v) is 3.17. The fourth-order valence-electron chi connectivity index (χ4n) is 1.13. The molecule has 0 aromatic heterocycles. The van der Waals surface area contributed by atoms with E-state index in [1.807, 2.05) is 18.2 Å². The van der Waals surface area contributed by atoms with Gasteiger partial charge in [0.15, 0.2) is 0 Å². The minimum atomic E-state index is -0.368. The van der Waals surface area contributed by atoms with Gasteiger partial charge in [0, 0.05) is 6.54 Å². The van der Waals surface area contributed by atoms with E-state index in [1.54, 1.807) is 0 Å². The molecule has 0 spiro atoms. The molecule has 1 N–H and O–H groups in total. The molecule has 0 unspecified atom stereocenters. The largest absolute Gasteiger partial charge is 0.343 e. The van der Waals surface area contributed by atoms with Gasteiger partial charge in [-0.05, 0) is 31.0 Å². The summed E-state index contributed by atoms with van der Waals surface area (Å²) in [5.74, 6) is 0. The third kappa shape index (κ3) is 4.48. The molecule has 2 nitrogen and oxygen atoms in total. The number of hydrogen-bond donors (Lipinski definition) is 1. The fraction of sp³-hybridized carbons (Fsp3) is 0.300. The van der Waals surface area contributed by atoms with Crippen molar-refractivity contribution < 1.29 is 4.79 Å². The van der Waals surface area contributed by atoms with Crippen LogP contribution in [0.25, 0.3) is 0 Å². The molecule has 69 valence electrons. The Kier molecular flexibility index (Phi) is 4.26. The topological polar surface area (TPSA) is 29.1 Å². The van der Waals surface area contributed by atoms with Gasteiger partial charge in [0.05, 0.1) is 0 Å². The van der Waals surface area contributed by atoms with Crippen LogP contribution in [0.2, 0.25) is 0 Å². The van der Waals surface area contributed by atoms with Gasteiger partial charge in [-0.2, -0.15) is 0 Å². The number of hydrogen-bond acceptors (Lipinski definition) is 1. The molecule has 0 fully saturated rings. The van der Waals surface area contributed by atoms with Crippen LogP contribution in [-0.4, -0.2) is 11.8 Å². The van der Waals surface area contributed by atoms with Crippen molar-refractivity contribution in [2.75, 3.05) is 6.54 Å². The molecule has 1 radical (unpaired) electrons. The standard InChI is InChI=1S/C10H12NOS/c12-10(13)11-8-4-7-9-5-2-1-3-6-9/h1-3,5-6H,4,7-8H2,(H,11,12). The highest BCUT2D eigenvalue weighted by Crippen LogP contribution is 2.01. The molecule has 0 aliphatic carbocycles. The van der Waals surface area contributed by atoms with E-state index in [9.17, 15) is 4.79 Å². The van der Waals surface area contributed by atoms with Crippen LogP contribution in [-0.2, 0) is 6.42 Å². The van der Waals surface area contributed by atoms with E-state index in [0.717, 1.165) is 12.8 Å². The number of nitrogens with one attached hydrogen (secondary N) is 1. The summed E-state index contributed by atoms with van der Waals surface area (Å²) in [5.41, 5.74) is 1.29. The Morgan fingerprint density at radius 3 is 2.62 bits per heavy atom. The summed E-state index contributed by atoms with van der Waals surface area (Å²) in [4.78, 5) is 10.4. The van der Waals surface area contributed by atoms with Gasteiger partial charge in [0.2, 0.25) is 0 Å². The number of rotatable bonds is 4. The lowest BCUT2D eigenvalue weighted by molar-refractivity contribution is 0.261. The Hall–Kier alpha value is -1.09. The van der Waals surface area contributed by atoms with E-state index >= 15 is 0 Å². The van der Waals surface area contributed by atoms with Crippen molar-refractivity contribution in [2.24, 2.45) is 0 Å². The van der Waals surface area contributed by atoms with Crippen LogP contribution >= 0.6 is 12.6 Å². The monoisotopic (exact) mass is 194 g/mol. The Morgan fingerprint density at radius 1 is 1.31 bits per heavy atom. The van der Waals surface area contributed by atoms with Crippen LogP contribution in [0.5, 0.6) is 0 Å². The zero-order valence-electron chi connectivity index (χ0n) is 7.32. The van der Waals surface area contributed by atoms with Crippen LogP contribution in [0.1, 0.15) is 12.0 Å². The quantitative estimate of drug-likeness (QED) is 0.733. The molecule has 1 rings (SSSR count). The molecule has 0 heterocycles. The van der Waals surface area contributed by atoms with Gasteiger partial charge >= 0.3 is 5.24 Å². The van der Waals surface area contributed by atoms with Crippen molar-refractivity contribution in [3.8, 4) is 0 Å². The number of amides is 1. The third-order valence-electron chi connectivity index (χ3n) is 1.75. The van der Waals surface area contributed by atoms with E-state index in [0.29, 0.717) is 6.54 Å². The average Bonchev–Trinajstić information content (AvgIpc) is 2.14. The zero-order chi connectivity index (χ0) is 9.52. The van der Waals surface area contributed by atoms with Crippen molar-refractivity contribution in [1.29, 1.82) is 0 Å². The van der Waals surface area contributed by atoms with Crippen LogP contribution in [0.15, 0.2) is 30.3 Å². The number of carbonyl (C=O) groups excluding carboxylic acids is 1. The second-order valence-electron chi connectivity index (χ2n) is 2.80. The van der Waals surface area contributed by atoms with Crippen molar-refractivity contribution in [1.82, 2.24) is 5.32 Å². The highest BCUT2D eigenvalue weighted by Gasteiger charge is 1.93. The van der Waals surface area contributed by atoms with E-state index < -0.39 is 0 Å². The van der Waals surface area contributed by atoms with E-state index in [4.69, 9.17) is 0 Å². The number of benzene rings is 1. The second kappa shape index (κ2) is 5.54. The van der Waals surface area contributed by atoms with Gasteiger partial charge in [-0.15, -0.1) is 0 Å². The Labute approximate surface area is 83.8 Å². The highest BCUT2D eigenvalue weighted by molar-refractivity contribution is 7.96. The molecular formula is C10H12NOS. The molecule has 0 atom stereocenters. The maximum atomic E-state index is 10.4. The van der Waals surface area contributed by atoms with Gasteiger partial charge < -0.3 is 5.32 Å². The van der Waals surface area contributed by atoms with Gasteiger partial charge in [-0.3, -0.25) is 4.79 Å². The lowest BCUT2D eigenvalue weighted by atomic mass is 10.1. The summed E-state index contributed by atoms with van der Waals surface area (Å²) in [6.45, 7) is 0.664. The maximum Gasteiger partial charge on any atom is 0.310 e. The molecule has 1 aromatic rings. The molecule has 1 amide bonds. The molecule has 1 aromatic carbocycles. The molecular weight excluding hydrogens is 182 g/mol. The molecule has 3 heteroatoms. The normalized spacial score (nSPS) is 9.54. The van der Waals surface area contributed by atoms with Crippen molar-refractivity contribution >= 4 is 17.9 Å². The average molecular weight is 194 g/mol. The first kappa shape index (κ1) is 9.99. The number of aryl methyl sites for hydroxylation is 1. The first-order chi connectivity index (χ1) is 6.29. The first-order valence-electron chi connectivity index (χ1n) is 4.28. The summed E-state index contributed by atoms with van der Waals surface area (Å²) in [6.07, 6.45) is 1.92. The van der Waals surface area contributed by atoms with Crippen LogP contribution in [0.4, 0.5) is 4.79 Å². The molecule has 0 saturated carbocycles. The van der Waals surface area contributed by atoms with Crippen molar-refractivity contribution in [3.63, 3.8) is 0 Å². The summed E-state index contributed by atoms with van der Waals surface area (Å²) in [6, 6.07) is 10.2. The lowest BCUT2D eigenvalue weighted by Gasteiger charge is -2.00. The smallest absolute Gasteiger partial charge is 0.310 e.